The molecule has 0 fully saturated rings. The highest BCUT2D eigenvalue weighted by Crippen LogP contribution is 2.23. The molecule has 2 aromatic carbocycles. The summed E-state index contributed by atoms with van der Waals surface area (Å²) in [7, 11) is 1.54. The summed E-state index contributed by atoms with van der Waals surface area (Å²) in [6.45, 7) is 0. The van der Waals surface area contributed by atoms with Gasteiger partial charge in [0.1, 0.15) is 17.3 Å². The van der Waals surface area contributed by atoms with Crippen LogP contribution in [0.2, 0.25) is 0 Å². The molecule has 0 spiro atoms. The van der Waals surface area contributed by atoms with E-state index in [1.807, 2.05) is 0 Å². The molecule has 0 saturated carbocycles. The zero-order valence-electron chi connectivity index (χ0n) is 14.7. The van der Waals surface area contributed by atoms with Crippen molar-refractivity contribution in [3.05, 3.63) is 75.1 Å². The van der Waals surface area contributed by atoms with Crippen molar-refractivity contribution in [2.45, 2.75) is 0 Å². The monoisotopic (exact) mass is 490 g/mol. The number of furan rings is 1. The first-order valence-electron chi connectivity index (χ1n) is 8.08. The number of carbonyl (C=O) groups is 2. The van der Waals surface area contributed by atoms with Crippen LogP contribution in [-0.4, -0.2) is 30.3 Å². The number of carboxylic acids is 1. The molecule has 28 heavy (non-hydrogen) atoms. The Balaban J connectivity index is 1.65. The van der Waals surface area contributed by atoms with E-state index in [2.05, 4.69) is 33.1 Å². The van der Waals surface area contributed by atoms with Gasteiger partial charge in [0.2, 0.25) is 0 Å². The minimum atomic E-state index is -0.986. The number of halogens is 1. The number of benzene rings is 2. The third kappa shape index (κ3) is 4.58. The number of carbonyl (C=O) groups excluding carboxylic acids is 1. The van der Waals surface area contributed by atoms with Gasteiger partial charge in [-0.25, -0.2) is 10.2 Å². The first kappa shape index (κ1) is 19.6. The van der Waals surface area contributed by atoms with E-state index in [9.17, 15) is 9.59 Å². The maximum Gasteiger partial charge on any atom is 0.335 e. The summed E-state index contributed by atoms with van der Waals surface area (Å²) in [5.41, 5.74) is 3.80. The first-order valence-corrected chi connectivity index (χ1v) is 9.16. The molecular weight excluding hydrogens is 475 g/mol. The highest BCUT2D eigenvalue weighted by Gasteiger charge is 2.09. The van der Waals surface area contributed by atoms with Crippen LogP contribution in [0.15, 0.2) is 64.1 Å². The molecule has 1 amide bonds. The van der Waals surface area contributed by atoms with Crippen molar-refractivity contribution in [2.75, 3.05) is 7.11 Å². The minimum absolute atomic E-state index is 0.201. The van der Waals surface area contributed by atoms with Crippen LogP contribution in [0.1, 0.15) is 26.5 Å². The van der Waals surface area contributed by atoms with E-state index in [0.717, 1.165) is 9.13 Å². The molecule has 0 aliphatic carbocycles. The summed E-state index contributed by atoms with van der Waals surface area (Å²) in [5.74, 6) is 0.258. The highest BCUT2D eigenvalue weighted by molar-refractivity contribution is 14.1. The Hall–Kier alpha value is -3.14. The summed E-state index contributed by atoms with van der Waals surface area (Å²) < 4.78 is 11.7. The fraction of sp³-hybridized carbons (Fsp3) is 0.0500. The first-order chi connectivity index (χ1) is 13.5. The van der Waals surface area contributed by atoms with Crippen molar-refractivity contribution >= 4 is 40.7 Å². The Labute approximate surface area is 174 Å². The second-order valence-electron chi connectivity index (χ2n) is 5.63. The van der Waals surface area contributed by atoms with Gasteiger partial charge in [-0.05, 0) is 65.1 Å². The number of amides is 1. The number of carboxylic acid groups (broad SMARTS) is 1. The lowest BCUT2D eigenvalue weighted by molar-refractivity contribution is 0.0696. The van der Waals surface area contributed by atoms with E-state index >= 15 is 0 Å². The summed E-state index contributed by atoms with van der Waals surface area (Å²) in [5, 5.41) is 12.8. The third-order valence-electron chi connectivity index (χ3n) is 3.81. The summed E-state index contributed by atoms with van der Waals surface area (Å²) in [6, 6.07) is 14.9. The fourth-order valence-corrected chi connectivity index (χ4v) is 2.93. The van der Waals surface area contributed by atoms with Crippen LogP contribution < -0.4 is 10.2 Å². The second kappa shape index (κ2) is 8.70. The predicted molar refractivity (Wildman–Crippen MR) is 112 cm³/mol. The second-order valence-corrected chi connectivity index (χ2v) is 6.80. The Bertz CT molecular complexity index is 1040. The van der Waals surface area contributed by atoms with Gasteiger partial charge in [-0.15, -0.1) is 0 Å². The topological polar surface area (TPSA) is 101 Å². The third-order valence-corrected chi connectivity index (χ3v) is 4.71. The maximum atomic E-state index is 12.2. The van der Waals surface area contributed by atoms with Gasteiger partial charge < -0.3 is 14.3 Å². The number of ether oxygens (including phenoxy) is 1. The lowest BCUT2D eigenvalue weighted by atomic mass is 10.1. The van der Waals surface area contributed by atoms with Crippen molar-refractivity contribution in [3.63, 3.8) is 0 Å². The normalized spacial score (nSPS) is 10.8. The zero-order chi connectivity index (χ0) is 20.1. The maximum absolute atomic E-state index is 12.2. The molecule has 0 unspecified atom stereocenters. The molecule has 7 nitrogen and oxygen atoms in total. The van der Waals surface area contributed by atoms with E-state index in [1.165, 1.54) is 18.3 Å². The minimum Gasteiger partial charge on any atom is -0.496 e. The summed E-state index contributed by atoms with van der Waals surface area (Å²) in [4.78, 5) is 23.1. The molecule has 3 rings (SSSR count). The van der Waals surface area contributed by atoms with Crippen molar-refractivity contribution in [1.29, 1.82) is 0 Å². The number of hydrogen-bond donors (Lipinski definition) is 2. The van der Waals surface area contributed by atoms with Crippen LogP contribution in [0.5, 0.6) is 5.75 Å². The van der Waals surface area contributed by atoms with Crippen LogP contribution >= 0.6 is 22.6 Å². The van der Waals surface area contributed by atoms with Gasteiger partial charge >= 0.3 is 5.97 Å². The smallest absolute Gasteiger partial charge is 0.335 e. The number of nitrogens with zero attached hydrogens (tertiary/aromatic N) is 1. The van der Waals surface area contributed by atoms with Crippen molar-refractivity contribution in [2.24, 2.45) is 5.10 Å². The van der Waals surface area contributed by atoms with Crippen LogP contribution in [0, 0.1) is 3.57 Å². The highest BCUT2D eigenvalue weighted by atomic mass is 127. The predicted octanol–water partition coefficient (Wildman–Crippen LogP) is 4.02. The number of hydrogen-bond acceptors (Lipinski definition) is 5. The number of nitrogens with one attached hydrogen (secondary N) is 1. The number of hydrazone groups is 1. The van der Waals surface area contributed by atoms with E-state index < -0.39 is 5.97 Å². The average molecular weight is 490 g/mol. The quantitative estimate of drug-likeness (QED) is 0.309. The number of methoxy groups -OCH3 is 1. The van der Waals surface area contributed by atoms with Gasteiger partial charge in [-0.1, -0.05) is 12.1 Å². The van der Waals surface area contributed by atoms with Gasteiger partial charge in [0.05, 0.1) is 22.5 Å². The molecule has 0 atom stereocenters. The standard InChI is InChI=1S/C20H15IN2O5/c1-27-18-10-14(6-8-16(18)21)19(24)23-22-11-15-7-9-17(28-15)12-2-4-13(5-3-12)20(25)26/h2-11H,1H3,(H,23,24)(H,25,26)/b22-11+. The van der Waals surface area contributed by atoms with Gasteiger partial charge in [-0.2, -0.15) is 5.10 Å². The molecule has 0 radical (unpaired) electrons. The molecule has 142 valence electrons. The molecule has 2 N–H and O–H groups in total. The van der Waals surface area contributed by atoms with Gasteiger partial charge in [0, 0.05) is 11.1 Å². The molecule has 1 aromatic heterocycles. The van der Waals surface area contributed by atoms with Crippen molar-refractivity contribution in [1.82, 2.24) is 5.43 Å². The molecule has 1 heterocycles. The fourth-order valence-electron chi connectivity index (χ4n) is 2.37. The van der Waals surface area contributed by atoms with Crippen LogP contribution in [0.4, 0.5) is 0 Å². The van der Waals surface area contributed by atoms with E-state index in [-0.39, 0.29) is 11.5 Å². The zero-order valence-corrected chi connectivity index (χ0v) is 16.8. The molecule has 3 aromatic rings. The van der Waals surface area contributed by atoms with Crippen LogP contribution in [0.25, 0.3) is 11.3 Å². The van der Waals surface area contributed by atoms with E-state index in [1.54, 1.807) is 49.6 Å². The Kier molecular flexibility index (Phi) is 6.09. The summed E-state index contributed by atoms with van der Waals surface area (Å²) in [6.07, 6.45) is 1.39. The molecule has 0 aliphatic heterocycles. The average Bonchev–Trinajstić information content (AvgIpc) is 3.17. The molecular formula is C20H15IN2O5. The van der Waals surface area contributed by atoms with Crippen molar-refractivity contribution in [3.8, 4) is 17.1 Å². The largest absolute Gasteiger partial charge is 0.496 e. The van der Waals surface area contributed by atoms with E-state index in [0.29, 0.717) is 22.8 Å². The Morgan fingerprint density at radius 1 is 1.11 bits per heavy atom. The Morgan fingerprint density at radius 2 is 1.82 bits per heavy atom. The number of aromatic carboxylic acids is 1. The van der Waals surface area contributed by atoms with Gasteiger partial charge in [0.25, 0.3) is 5.91 Å². The molecule has 8 heteroatoms. The molecule has 0 bridgehead atoms. The molecule has 0 saturated heterocycles. The Morgan fingerprint density at radius 3 is 2.50 bits per heavy atom. The van der Waals surface area contributed by atoms with Crippen LogP contribution in [0.3, 0.4) is 0 Å². The van der Waals surface area contributed by atoms with Crippen LogP contribution in [-0.2, 0) is 0 Å². The lowest BCUT2D eigenvalue weighted by Gasteiger charge is -2.05. The van der Waals surface area contributed by atoms with Gasteiger partial charge in [0.15, 0.2) is 0 Å². The van der Waals surface area contributed by atoms with E-state index in [4.69, 9.17) is 14.3 Å². The lowest BCUT2D eigenvalue weighted by Crippen LogP contribution is -2.17. The summed E-state index contributed by atoms with van der Waals surface area (Å²) >= 11 is 2.12. The van der Waals surface area contributed by atoms with Crippen molar-refractivity contribution < 1.29 is 23.8 Å². The molecule has 0 aliphatic rings. The number of rotatable bonds is 6. The SMILES string of the molecule is COc1cc(C(=O)N/N=C/c2ccc(-c3ccc(C(=O)O)cc3)o2)ccc1I. The van der Waals surface area contributed by atoms with Gasteiger partial charge in [-0.3, -0.25) is 4.79 Å².